The number of benzene rings is 2. The lowest BCUT2D eigenvalue weighted by Crippen LogP contribution is -2.14. The predicted molar refractivity (Wildman–Crippen MR) is 89.5 cm³/mol. The van der Waals surface area contributed by atoms with Crippen molar-refractivity contribution in [3.8, 4) is 0 Å². The molecule has 0 aliphatic carbocycles. The van der Waals surface area contributed by atoms with Crippen LogP contribution in [0.4, 0.5) is 16.2 Å². The molecular weight excluding hydrogens is 340 g/mol. The van der Waals surface area contributed by atoms with E-state index in [1.807, 2.05) is 6.92 Å². The number of halogens is 1. The van der Waals surface area contributed by atoms with Crippen molar-refractivity contribution in [1.29, 1.82) is 0 Å². The van der Waals surface area contributed by atoms with Gasteiger partial charge >= 0.3 is 6.09 Å². The first-order valence-electron chi connectivity index (χ1n) is 6.56. The zero-order chi connectivity index (χ0) is 17.0. The second kappa shape index (κ2) is 6.89. The molecular formula is C15H15ClN2O4S. The number of hydrogen-bond donors (Lipinski definition) is 2. The largest absolute Gasteiger partial charge is 0.453 e. The van der Waals surface area contributed by atoms with E-state index in [4.69, 9.17) is 11.6 Å². The van der Waals surface area contributed by atoms with Crippen molar-refractivity contribution in [3.05, 3.63) is 53.1 Å². The summed E-state index contributed by atoms with van der Waals surface area (Å²) in [6, 6.07) is 10.9. The number of carbonyl (C=O) groups is 1. The molecule has 0 atom stereocenters. The number of amides is 1. The van der Waals surface area contributed by atoms with Crippen LogP contribution in [0.3, 0.4) is 0 Å². The van der Waals surface area contributed by atoms with Gasteiger partial charge in [0.2, 0.25) is 0 Å². The van der Waals surface area contributed by atoms with Gasteiger partial charge in [-0.15, -0.1) is 0 Å². The number of hydrogen-bond acceptors (Lipinski definition) is 4. The molecule has 0 saturated carbocycles. The zero-order valence-electron chi connectivity index (χ0n) is 12.5. The fourth-order valence-electron chi connectivity index (χ4n) is 1.86. The quantitative estimate of drug-likeness (QED) is 0.878. The third-order valence-corrected chi connectivity index (χ3v) is 4.79. The smallest absolute Gasteiger partial charge is 0.411 e. The molecule has 0 bridgehead atoms. The number of nitrogens with one attached hydrogen (secondary N) is 2. The number of methoxy groups -OCH3 is 1. The molecule has 2 rings (SSSR count). The molecule has 1 amide bonds. The van der Waals surface area contributed by atoms with Crippen LogP contribution in [0.2, 0.25) is 5.02 Å². The van der Waals surface area contributed by atoms with E-state index in [2.05, 4.69) is 14.8 Å². The summed E-state index contributed by atoms with van der Waals surface area (Å²) in [5.41, 5.74) is 1.54. The molecule has 0 radical (unpaired) electrons. The van der Waals surface area contributed by atoms with Crippen molar-refractivity contribution in [2.45, 2.75) is 11.8 Å². The summed E-state index contributed by atoms with van der Waals surface area (Å²) in [5, 5.41) is 2.59. The van der Waals surface area contributed by atoms with Gasteiger partial charge in [-0.3, -0.25) is 10.0 Å². The minimum absolute atomic E-state index is 0.0175. The molecule has 122 valence electrons. The lowest BCUT2D eigenvalue weighted by molar-refractivity contribution is 0.187. The Morgan fingerprint density at radius 2 is 1.83 bits per heavy atom. The summed E-state index contributed by atoms with van der Waals surface area (Å²) in [6.07, 6.45) is -0.647. The van der Waals surface area contributed by atoms with Gasteiger partial charge in [0.25, 0.3) is 10.0 Å². The maximum atomic E-state index is 12.4. The maximum absolute atomic E-state index is 12.4. The highest BCUT2D eigenvalue weighted by molar-refractivity contribution is 7.92. The Morgan fingerprint density at radius 1 is 1.13 bits per heavy atom. The van der Waals surface area contributed by atoms with Crippen LogP contribution in [-0.2, 0) is 14.8 Å². The van der Waals surface area contributed by atoms with E-state index in [0.717, 1.165) is 5.56 Å². The van der Waals surface area contributed by atoms with E-state index in [1.54, 1.807) is 30.3 Å². The Kier molecular flexibility index (Phi) is 5.12. The summed E-state index contributed by atoms with van der Waals surface area (Å²) < 4.78 is 31.7. The molecule has 6 nitrogen and oxygen atoms in total. The highest BCUT2D eigenvalue weighted by atomic mass is 35.5. The van der Waals surface area contributed by atoms with E-state index < -0.39 is 16.1 Å². The zero-order valence-corrected chi connectivity index (χ0v) is 14.0. The summed E-state index contributed by atoms with van der Waals surface area (Å²) in [5.74, 6) is 0. The van der Waals surface area contributed by atoms with Gasteiger partial charge in [-0.1, -0.05) is 23.7 Å². The first-order valence-corrected chi connectivity index (χ1v) is 8.42. The normalized spacial score (nSPS) is 10.9. The maximum Gasteiger partial charge on any atom is 0.411 e. The van der Waals surface area contributed by atoms with E-state index in [-0.39, 0.29) is 15.6 Å². The van der Waals surface area contributed by atoms with Gasteiger partial charge < -0.3 is 4.74 Å². The Morgan fingerprint density at radius 3 is 2.48 bits per heavy atom. The number of aryl methyl sites for hydroxylation is 1. The average Bonchev–Trinajstić information content (AvgIpc) is 2.46. The molecule has 2 aromatic rings. The molecule has 0 aromatic heterocycles. The predicted octanol–water partition coefficient (Wildman–Crippen LogP) is 3.63. The van der Waals surface area contributed by atoms with E-state index in [0.29, 0.717) is 5.69 Å². The lowest BCUT2D eigenvalue weighted by atomic mass is 10.2. The van der Waals surface area contributed by atoms with Crippen LogP contribution in [0, 0.1) is 6.92 Å². The lowest BCUT2D eigenvalue weighted by Gasteiger charge is -2.11. The molecule has 23 heavy (non-hydrogen) atoms. The van der Waals surface area contributed by atoms with Gasteiger partial charge in [0.15, 0.2) is 0 Å². The number of carbonyl (C=O) groups excluding carboxylic acids is 1. The molecule has 0 heterocycles. The standard InChI is InChI=1S/C15H15ClN2O4S/c1-10-6-7-14(13(16)8-10)23(20,21)18-12-5-3-4-11(9-12)17-15(19)22-2/h3-9,18H,1-2H3,(H,17,19). The monoisotopic (exact) mass is 354 g/mol. The van der Waals surface area contributed by atoms with E-state index in [9.17, 15) is 13.2 Å². The highest BCUT2D eigenvalue weighted by Crippen LogP contribution is 2.25. The van der Waals surface area contributed by atoms with Crippen LogP contribution < -0.4 is 10.0 Å². The molecule has 0 saturated heterocycles. The number of sulfonamides is 1. The Labute approximate surface area is 139 Å². The fraction of sp³-hybridized carbons (Fsp3) is 0.133. The third-order valence-electron chi connectivity index (χ3n) is 2.92. The van der Waals surface area contributed by atoms with Gasteiger partial charge in [0.1, 0.15) is 4.90 Å². The van der Waals surface area contributed by atoms with Crippen LogP contribution in [0.1, 0.15) is 5.56 Å². The van der Waals surface area contributed by atoms with Crippen molar-refractivity contribution >= 4 is 39.1 Å². The van der Waals surface area contributed by atoms with Crippen molar-refractivity contribution in [3.63, 3.8) is 0 Å². The van der Waals surface area contributed by atoms with Crippen LogP contribution >= 0.6 is 11.6 Å². The molecule has 2 N–H and O–H groups in total. The van der Waals surface area contributed by atoms with Crippen LogP contribution in [0.25, 0.3) is 0 Å². The van der Waals surface area contributed by atoms with Gasteiger partial charge in [-0.05, 0) is 42.8 Å². The molecule has 0 unspecified atom stereocenters. The Hall–Kier alpha value is -2.25. The average molecular weight is 355 g/mol. The second-order valence-electron chi connectivity index (χ2n) is 4.74. The van der Waals surface area contributed by atoms with Crippen molar-refractivity contribution in [1.82, 2.24) is 0 Å². The number of ether oxygens (including phenoxy) is 1. The second-order valence-corrected chi connectivity index (χ2v) is 6.79. The minimum Gasteiger partial charge on any atom is -0.453 e. The third kappa shape index (κ3) is 4.37. The molecule has 0 aliphatic rings. The molecule has 0 spiro atoms. The molecule has 0 fully saturated rings. The van der Waals surface area contributed by atoms with Crippen molar-refractivity contribution < 1.29 is 17.9 Å². The van der Waals surface area contributed by atoms with Crippen LogP contribution in [0.5, 0.6) is 0 Å². The number of rotatable bonds is 4. The molecule has 8 heteroatoms. The van der Waals surface area contributed by atoms with Gasteiger partial charge in [-0.25, -0.2) is 13.2 Å². The minimum atomic E-state index is -3.84. The van der Waals surface area contributed by atoms with Crippen LogP contribution in [0.15, 0.2) is 47.4 Å². The first kappa shape index (κ1) is 17.1. The number of anilines is 2. The summed E-state index contributed by atoms with van der Waals surface area (Å²) in [6.45, 7) is 1.82. The first-order chi connectivity index (χ1) is 10.8. The van der Waals surface area contributed by atoms with Crippen LogP contribution in [-0.4, -0.2) is 21.6 Å². The summed E-state index contributed by atoms with van der Waals surface area (Å²) >= 11 is 6.01. The summed E-state index contributed by atoms with van der Waals surface area (Å²) in [7, 11) is -2.60. The molecule has 0 aliphatic heterocycles. The van der Waals surface area contributed by atoms with E-state index >= 15 is 0 Å². The topological polar surface area (TPSA) is 84.5 Å². The SMILES string of the molecule is COC(=O)Nc1cccc(NS(=O)(=O)c2ccc(C)cc2Cl)c1. The molecule has 2 aromatic carbocycles. The van der Waals surface area contributed by atoms with Crippen molar-refractivity contribution in [2.24, 2.45) is 0 Å². The summed E-state index contributed by atoms with van der Waals surface area (Å²) in [4.78, 5) is 11.2. The highest BCUT2D eigenvalue weighted by Gasteiger charge is 2.18. The van der Waals surface area contributed by atoms with E-state index in [1.165, 1.54) is 19.2 Å². The Balaban J connectivity index is 2.27. The van der Waals surface area contributed by atoms with Gasteiger partial charge in [0.05, 0.1) is 17.8 Å². The van der Waals surface area contributed by atoms with Crippen molar-refractivity contribution in [2.75, 3.05) is 17.1 Å². The fourth-order valence-corrected chi connectivity index (χ4v) is 3.51. The van der Waals surface area contributed by atoms with Gasteiger partial charge in [0, 0.05) is 5.69 Å². The van der Waals surface area contributed by atoms with Gasteiger partial charge in [-0.2, -0.15) is 0 Å². The Bertz CT molecular complexity index is 837.